The first-order valence-electron chi connectivity index (χ1n) is 4.05. The molecule has 0 spiro atoms. The highest BCUT2D eigenvalue weighted by Crippen LogP contribution is 2.10. The molecular weight excluding hydrogens is 166 g/mol. The Bertz CT molecular complexity index is 326. The van der Waals surface area contributed by atoms with Gasteiger partial charge in [-0.15, -0.1) is 6.58 Å². The lowest BCUT2D eigenvalue weighted by molar-refractivity contribution is 0.0600. The van der Waals surface area contributed by atoms with Crippen LogP contribution < -0.4 is 0 Å². The quantitative estimate of drug-likeness (QED) is 0.523. The average molecular weight is 179 g/mol. The summed E-state index contributed by atoms with van der Waals surface area (Å²) in [6, 6.07) is 1.75. The van der Waals surface area contributed by atoms with Gasteiger partial charge in [-0.2, -0.15) is 0 Å². The fourth-order valence-corrected chi connectivity index (χ4v) is 1.21. The maximum atomic E-state index is 11.2. The van der Waals surface area contributed by atoms with Crippen LogP contribution in [0.4, 0.5) is 0 Å². The van der Waals surface area contributed by atoms with Crippen LogP contribution >= 0.6 is 0 Å². The van der Waals surface area contributed by atoms with E-state index in [1.54, 1.807) is 12.1 Å². The Morgan fingerprint density at radius 3 is 3.00 bits per heavy atom. The molecule has 0 aliphatic heterocycles. The number of aromatic nitrogens is 1. The van der Waals surface area contributed by atoms with Gasteiger partial charge in [-0.1, -0.05) is 6.08 Å². The molecule has 0 radical (unpaired) electrons. The zero-order chi connectivity index (χ0) is 9.84. The van der Waals surface area contributed by atoms with Gasteiger partial charge in [0.05, 0.1) is 12.7 Å². The molecule has 70 valence electrons. The Morgan fingerprint density at radius 1 is 1.77 bits per heavy atom. The van der Waals surface area contributed by atoms with Gasteiger partial charge in [0.15, 0.2) is 0 Å². The second-order valence-corrected chi connectivity index (χ2v) is 2.75. The van der Waals surface area contributed by atoms with Gasteiger partial charge in [-0.05, 0) is 13.0 Å². The average Bonchev–Trinajstić information content (AvgIpc) is 2.48. The van der Waals surface area contributed by atoms with Crippen LogP contribution in [0.5, 0.6) is 0 Å². The van der Waals surface area contributed by atoms with Gasteiger partial charge in [0, 0.05) is 18.4 Å². The van der Waals surface area contributed by atoms with Crippen molar-refractivity contribution < 1.29 is 9.53 Å². The minimum absolute atomic E-state index is 0.291. The third kappa shape index (κ3) is 1.80. The summed E-state index contributed by atoms with van der Waals surface area (Å²) in [5.41, 5.74) is 1.52. The summed E-state index contributed by atoms with van der Waals surface area (Å²) >= 11 is 0. The highest BCUT2D eigenvalue weighted by Gasteiger charge is 2.11. The molecule has 0 aromatic carbocycles. The molecule has 0 N–H and O–H groups in total. The van der Waals surface area contributed by atoms with E-state index >= 15 is 0 Å². The molecule has 1 aromatic heterocycles. The number of hydrogen-bond acceptors (Lipinski definition) is 2. The minimum Gasteiger partial charge on any atom is -0.465 e. The highest BCUT2D eigenvalue weighted by atomic mass is 16.5. The predicted octanol–water partition coefficient (Wildman–Crippen LogP) is 1.77. The number of carbonyl (C=O) groups excluding carboxylic acids is 1. The molecule has 1 heterocycles. The first-order valence-corrected chi connectivity index (χ1v) is 4.05. The van der Waals surface area contributed by atoms with Crippen molar-refractivity contribution in [3.8, 4) is 0 Å². The summed E-state index contributed by atoms with van der Waals surface area (Å²) in [6.45, 7) is 6.23. The number of esters is 1. The van der Waals surface area contributed by atoms with Crippen LogP contribution in [0.15, 0.2) is 24.9 Å². The Balaban J connectivity index is 2.98. The molecule has 1 rings (SSSR count). The molecule has 13 heavy (non-hydrogen) atoms. The molecule has 3 nitrogen and oxygen atoms in total. The van der Waals surface area contributed by atoms with Gasteiger partial charge in [-0.25, -0.2) is 4.79 Å². The van der Waals surface area contributed by atoms with Crippen molar-refractivity contribution in [2.24, 2.45) is 0 Å². The summed E-state index contributed by atoms with van der Waals surface area (Å²) in [5, 5.41) is 0. The lowest BCUT2D eigenvalue weighted by Crippen LogP contribution is -2.04. The molecule has 0 saturated carbocycles. The summed E-state index contributed by atoms with van der Waals surface area (Å²) in [5.74, 6) is -0.291. The van der Waals surface area contributed by atoms with Crippen molar-refractivity contribution in [1.82, 2.24) is 4.57 Å². The molecule has 3 heteroatoms. The fourth-order valence-electron chi connectivity index (χ4n) is 1.21. The van der Waals surface area contributed by atoms with E-state index in [-0.39, 0.29) is 5.97 Å². The van der Waals surface area contributed by atoms with Crippen molar-refractivity contribution in [2.45, 2.75) is 13.5 Å². The van der Waals surface area contributed by atoms with Gasteiger partial charge < -0.3 is 9.30 Å². The second kappa shape index (κ2) is 3.94. The monoisotopic (exact) mass is 179 g/mol. The topological polar surface area (TPSA) is 31.2 Å². The van der Waals surface area contributed by atoms with Crippen molar-refractivity contribution in [1.29, 1.82) is 0 Å². The molecule has 0 bridgehead atoms. The fraction of sp³-hybridized carbons (Fsp3) is 0.300. The second-order valence-electron chi connectivity index (χ2n) is 2.75. The number of ether oxygens (including phenoxy) is 1. The van der Waals surface area contributed by atoms with Crippen LogP contribution in [0.3, 0.4) is 0 Å². The maximum Gasteiger partial charge on any atom is 0.339 e. The van der Waals surface area contributed by atoms with Gasteiger partial charge in [0.25, 0.3) is 0 Å². The number of allylic oxidation sites excluding steroid dienone is 1. The SMILES string of the molecule is C=CCn1ccc(C(=O)OC)c1C. The zero-order valence-electron chi connectivity index (χ0n) is 7.91. The molecule has 0 unspecified atom stereocenters. The van der Waals surface area contributed by atoms with Crippen LogP contribution in [-0.2, 0) is 11.3 Å². The van der Waals surface area contributed by atoms with Crippen molar-refractivity contribution in [3.63, 3.8) is 0 Å². The number of methoxy groups -OCH3 is 1. The van der Waals surface area contributed by atoms with Gasteiger partial charge in [0.1, 0.15) is 0 Å². The summed E-state index contributed by atoms with van der Waals surface area (Å²) in [7, 11) is 1.38. The smallest absolute Gasteiger partial charge is 0.339 e. The Labute approximate surface area is 77.6 Å². The molecule has 1 aromatic rings. The van der Waals surface area contributed by atoms with Crippen LogP contribution in [0, 0.1) is 6.92 Å². The lowest BCUT2D eigenvalue weighted by Gasteiger charge is -2.02. The molecule has 0 saturated heterocycles. The van der Waals surface area contributed by atoms with Crippen LogP contribution in [0.1, 0.15) is 16.1 Å². The summed E-state index contributed by atoms with van der Waals surface area (Å²) < 4.78 is 6.57. The number of nitrogens with zero attached hydrogens (tertiary/aromatic N) is 1. The first kappa shape index (κ1) is 9.58. The normalized spacial score (nSPS) is 9.69. The maximum absolute atomic E-state index is 11.2. The van der Waals surface area contributed by atoms with Crippen LogP contribution in [0.25, 0.3) is 0 Å². The van der Waals surface area contributed by atoms with Crippen molar-refractivity contribution in [3.05, 3.63) is 36.2 Å². The zero-order valence-corrected chi connectivity index (χ0v) is 7.91. The van der Waals surface area contributed by atoms with Crippen molar-refractivity contribution >= 4 is 5.97 Å². The number of rotatable bonds is 3. The highest BCUT2D eigenvalue weighted by molar-refractivity contribution is 5.90. The molecule has 0 amide bonds. The van der Waals surface area contributed by atoms with Crippen molar-refractivity contribution in [2.75, 3.05) is 7.11 Å². The molecule has 0 atom stereocenters. The van der Waals surface area contributed by atoms with E-state index in [0.29, 0.717) is 12.1 Å². The number of hydrogen-bond donors (Lipinski definition) is 0. The van der Waals surface area contributed by atoms with Gasteiger partial charge in [-0.3, -0.25) is 0 Å². The number of carbonyl (C=O) groups is 1. The molecule has 0 aliphatic carbocycles. The van der Waals surface area contributed by atoms with E-state index in [0.717, 1.165) is 5.69 Å². The van der Waals surface area contributed by atoms with Crippen LogP contribution in [0.2, 0.25) is 0 Å². The van der Waals surface area contributed by atoms with E-state index in [1.807, 2.05) is 17.7 Å². The Hall–Kier alpha value is -1.51. The van der Waals surface area contributed by atoms with Gasteiger partial charge >= 0.3 is 5.97 Å². The van der Waals surface area contributed by atoms with E-state index in [1.165, 1.54) is 7.11 Å². The summed E-state index contributed by atoms with van der Waals surface area (Å²) in [4.78, 5) is 11.2. The van der Waals surface area contributed by atoms with E-state index in [9.17, 15) is 4.79 Å². The standard InChI is InChI=1S/C10H13NO2/c1-4-6-11-7-5-9(8(11)2)10(12)13-3/h4-5,7H,1,6H2,2-3H3. The lowest BCUT2D eigenvalue weighted by atomic mass is 10.2. The molecular formula is C10H13NO2. The van der Waals surface area contributed by atoms with E-state index in [4.69, 9.17) is 0 Å². The van der Waals surface area contributed by atoms with E-state index < -0.39 is 0 Å². The minimum atomic E-state index is -0.291. The molecule has 0 fully saturated rings. The third-order valence-corrected chi connectivity index (χ3v) is 1.97. The Morgan fingerprint density at radius 2 is 2.46 bits per heavy atom. The Kier molecular flexibility index (Phi) is 2.90. The van der Waals surface area contributed by atoms with E-state index in [2.05, 4.69) is 11.3 Å². The first-order chi connectivity index (χ1) is 6.20. The largest absolute Gasteiger partial charge is 0.465 e. The predicted molar refractivity (Wildman–Crippen MR) is 50.7 cm³/mol. The molecule has 0 aliphatic rings. The third-order valence-electron chi connectivity index (χ3n) is 1.97. The van der Waals surface area contributed by atoms with Crippen LogP contribution in [-0.4, -0.2) is 17.6 Å². The van der Waals surface area contributed by atoms with Gasteiger partial charge in [0.2, 0.25) is 0 Å². The summed E-state index contributed by atoms with van der Waals surface area (Å²) in [6.07, 6.45) is 3.64.